The lowest BCUT2D eigenvalue weighted by molar-refractivity contribution is -0.132. The van der Waals surface area contributed by atoms with Gasteiger partial charge in [-0.2, -0.15) is 4.91 Å². The number of nitrogens with one attached hydrogen (secondary N) is 2. The number of hydrogen-bond acceptors (Lipinski definition) is 9. The highest BCUT2D eigenvalue weighted by Crippen LogP contribution is 2.32. The van der Waals surface area contributed by atoms with Gasteiger partial charge in [-0.25, -0.2) is 4.98 Å². The maximum atomic E-state index is 13.7. The van der Waals surface area contributed by atoms with Gasteiger partial charge in [0.25, 0.3) is 11.8 Å². The quantitative estimate of drug-likeness (QED) is 0.134. The van der Waals surface area contributed by atoms with E-state index in [1.807, 2.05) is 30.0 Å². The maximum absolute atomic E-state index is 13.7. The smallest absolute Gasteiger partial charge is 0.258 e. The summed E-state index contributed by atoms with van der Waals surface area (Å²) >= 11 is 0. The van der Waals surface area contributed by atoms with Crippen LogP contribution in [0.5, 0.6) is 11.5 Å². The first-order valence-corrected chi connectivity index (χ1v) is 16.4. The van der Waals surface area contributed by atoms with Gasteiger partial charge in [-0.3, -0.25) is 14.4 Å². The number of para-hydroxylation sites is 1. The number of carbonyl (C=O) groups excluding carboxylic acids is 3. The number of aromatic nitrogens is 2. The molecule has 3 amide bonds. The monoisotopic (exact) mass is 669 g/mol. The van der Waals surface area contributed by atoms with Crippen LogP contribution in [-0.2, 0) is 11.3 Å². The molecule has 1 aliphatic rings. The van der Waals surface area contributed by atoms with Crippen molar-refractivity contribution in [3.05, 3.63) is 82.0 Å². The second-order valence-electron chi connectivity index (χ2n) is 12.2. The molecule has 4 aromatic rings. The van der Waals surface area contributed by atoms with Crippen LogP contribution in [0, 0.1) is 11.8 Å². The van der Waals surface area contributed by atoms with Crippen LogP contribution < -0.4 is 19.7 Å². The molecule has 0 atom stereocenters. The van der Waals surface area contributed by atoms with Crippen LogP contribution in [0.15, 0.2) is 59.8 Å². The molecule has 0 aliphatic carbocycles. The molecule has 0 saturated carbocycles. The zero-order valence-corrected chi connectivity index (χ0v) is 28.5. The molecule has 0 spiro atoms. The summed E-state index contributed by atoms with van der Waals surface area (Å²) in [5.41, 5.74) is 3.68. The fraction of sp³-hybridized carbons (Fsp3) is 0.389. The average molecular weight is 670 g/mol. The lowest BCUT2D eigenvalue weighted by Gasteiger charge is -2.32. The van der Waals surface area contributed by atoms with Crippen molar-refractivity contribution >= 4 is 40.1 Å². The molecule has 0 bridgehead atoms. The molecule has 5 rings (SSSR count). The molecule has 1 aromatic heterocycles. The van der Waals surface area contributed by atoms with Crippen molar-refractivity contribution in [2.45, 2.75) is 39.2 Å². The number of unbranched alkanes of at least 4 members (excludes halogenated alkanes) is 2. The molecule has 13 nitrogen and oxygen atoms in total. The number of nitroso groups, excluding NO2 is 1. The van der Waals surface area contributed by atoms with Gasteiger partial charge in [-0.05, 0) is 81.3 Å². The highest BCUT2D eigenvalue weighted by Gasteiger charge is 2.22. The Hall–Kier alpha value is -5.30. The van der Waals surface area contributed by atoms with Crippen LogP contribution >= 0.6 is 0 Å². The summed E-state index contributed by atoms with van der Waals surface area (Å²) in [5, 5.41) is 5.70. The molecule has 49 heavy (non-hydrogen) atoms. The Labute approximate surface area is 285 Å². The number of imidazole rings is 1. The van der Waals surface area contributed by atoms with E-state index in [2.05, 4.69) is 32.4 Å². The molecule has 258 valence electrons. The number of hydrogen-bond donors (Lipinski definition) is 2. The summed E-state index contributed by atoms with van der Waals surface area (Å²) < 4.78 is 11.7. The highest BCUT2D eigenvalue weighted by molar-refractivity contribution is 6.12. The number of benzene rings is 3. The number of fused-ring (bicyclic) bond motifs is 1. The fourth-order valence-electron chi connectivity index (χ4n) is 5.79. The van der Waals surface area contributed by atoms with Crippen LogP contribution in [0.3, 0.4) is 0 Å². The maximum Gasteiger partial charge on any atom is 0.258 e. The molecule has 1 aliphatic heterocycles. The number of H-pyrrole nitrogens is 1. The van der Waals surface area contributed by atoms with Crippen molar-refractivity contribution in [3.63, 3.8) is 0 Å². The zero-order valence-electron chi connectivity index (χ0n) is 28.5. The summed E-state index contributed by atoms with van der Waals surface area (Å²) in [5.74, 6) is 0.767. The number of aromatic amines is 1. The number of anilines is 2. The normalized spacial score (nSPS) is 13.3. The van der Waals surface area contributed by atoms with Crippen molar-refractivity contribution in [3.8, 4) is 11.5 Å². The van der Waals surface area contributed by atoms with Crippen LogP contribution in [0.25, 0.3) is 11.0 Å². The first kappa shape index (κ1) is 35.0. The van der Waals surface area contributed by atoms with E-state index in [-0.39, 0.29) is 18.4 Å². The Balaban J connectivity index is 1.20. The second kappa shape index (κ2) is 16.2. The Bertz CT molecular complexity index is 1810. The van der Waals surface area contributed by atoms with Gasteiger partial charge in [0.1, 0.15) is 29.4 Å². The van der Waals surface area contributed by atoms with Gasteiger partial charge < -0.3 is 34.5 Å². The molecular formula is C36H43N7O6. The van der Waals surface area contributed by atoms with E-state index in [1.165, 1.54) is 12.0 Å². The summed E-state index contributed by atoms with van der Waals surface area (Å²) in [6.07, 6.45) is 3.01. The standard InChI is InChI=1S/C36H43N7O6/c1-24-12-15-29(31(21-24)49-20-7-5-6-11-33(44)43-18-16-41(2)17-19-43)42(3)36(46)25-13-14-27(30(22-25)48-4)39-35(45)26-9-8-10-28-34(26)40-32(38-28)23-37-47/h8-10,12-15,21-22H,5-7,11,16-20,23H2,1-4H3,(H,38,40)(H,39,45). The van der Waals surface area contributed by atoms with E-state index in [0.29, 0.717) is 63.9 Å². The van der Waals surface area contributed by atoms with E-state index in [0.717, 1.165) is 51.0 Å². The van der Waals surface area contributed by atoms with E-state index in [1.54, 1.807) is 43.4 Å². The van der Waals surface area contributed by atoms with Gasteiger partial charge in [-0.1, -0.05) is 17.3 Å². The largest absolute Gasteiger partial charge is 0.495 e. The second-order valence-corrected chi connectivity index (χ2v) is 12.2. The van der Waals surface area contributed by atoms with E-state index >= 15 is 0 Å². The molecule has 1 saturated heterocycles. The zero-order chi connectivity index (χ0) is 34.9. The van der Waals surface area contributed by atoms with Crippen molar-refractivity contribution in [1.29, 1.82) is 0 Å². The number of methoxy groups -OCH3 is 1. The van der Waals surface area contributed by atoms with Gasteiger partial charge in [0, 0.05) is 45.2 Å². The molecule has 0 unspecified atom stereocenters. The SMILES string of the molecule is COc1cc(C(=O)N(C)c2ccc(C)cc2OCCCCCC(=O)N2CCN(C)CC2)ccc1NC(=O)c1cccc2[nH]c(CN=O)nc12. The Morgan fingerprint density at radius 1 is 1.00 bits per heavy atom. The number of aryl methyl sites for hydroxylation is 1. The van der Waals surface area contributed by atoms with Gasteiger partial charge in [0.15, 0.2) is 0 Å². The van der Waals surface area contributed by atoms with E-state index in [9.17, 15) is 19.3 Å². The number of nitrogens with zero attached hydrogens (tertiary/aromatic N) is 5. The molecule has 1 fully saturated rings. The predicted octanol–water partition coefficient (Wildman–Crippen LogP) is 5.39. The molecule has 13 heteroatoms. The minimum atomic E-state index is -0.430. The van der Waals surface area contributed by atoms with Gasteiger partial charge in [0.2, 0.25) is 5.91 Å². The number of piperazine rings is 1. The van der Waals surface area contributed by atoms with Gasteiger partial charge in [-0.15, -0.1) is 0 Å². The van der Waals surface area contributed by atoms with Gasteiger partial charge >= 0.3 is 0 Å². The topological polar surface area (TPSA) is 150 Å². The first-order valence-electron chi connectivity index (χ1n) is 16.4. The first-order chi connectivity index (χ1) is 23.7. The number of likely N-dealkylation sites (N-methyl/N-ethyl adjacent to an activating group) is 1. The van der Waals surface area contributed by atoms with Crippen LogP contribution in [0.4, 0.5) is 11.4 Å². The third-order valence-electron chi connectivity index (χ3n) is 8.65. The molecule has 0 radical (unpaired) electrons. The van der Waals surface area contributed by atoms with E-state index < -0.39 is 5.91 Å². The van der Waals surface area contributed by atoms with Crippen LogP contribution in [-0.4, -0.2) is 91.5 Å². The third kappa shape index (κ3) is 8.60. The molecule has 2 N–H and O–H groups in total. The van der Waals surface area contributed by atoms with Crippen LogP contribution in [0.2, 0.25) is 0 Å². The summed E-state index contributed by atoms with van der Waals surface area (Å²) in [7, 11) is 5.22. The van der Waals surface area contributed by atoms with E-state index in [4.69, 9.17) is 9.47 Å². The third-order valence-corrected chi connectivity index (χ3v) is 8.65. The van der Waals surface area contributed by atoms with Crippen molar-refractivity contribution in [1.82, 2.24) is 19.8 Å². The minimum absolute atomic E-state index is 0.134. The molecule has 3 aromatic carbocycles. The molecule has 2 heterocycles. The summed E-state index contributed by atoms with van der Waals surface area (Å²) in [4.78, 5) is 63.2. The number of rotatable bonds is 14. The minimum Gasteiger partial charge on any atom is -0.495 e. The summed E-state index contributed by atoms with van der Waals surface area (Å²) in [6.45, 7) is 5.72. The Morgan fingerprint density at radius 2 is 1.80 bits per heavy atom. The number of amides is 3. The van der Waals surface area contributed by atoms with Crippen molar-refractivity contribution in [2.24, 2.45) is 5.18 Å². The lowest BCUT2D eigenvalue weighted by Crippen LogP contribution is -2.47. The molecular weight excluding hydrogens is 626 g/mol. The number of ether oxygens (including phenoxy) is 2. The van der Waals surface area contributed by atoms with Crippen LogP contribution in [0.1, 0.15) is 57.8 Å². The highest BCUT2D eigenvalue weighted by atomic mass is 16.5. The predicted molar refractivity (Wildman–Crippen MR) is 188 cm³/mol. The van der Waals surface area contributed by atoms with Crippen molar-refractivity contribution < 1.29 is 23.9 Å². The van der Waals surface area contributed by atoms with Crippen molar-refractivity contribution in [2.75, 3.05) is 64.2 Å². The Kier molecular flexibility index (Phi) is 11.6. The fourth-order valence-corrected chi connectivity index (χ4v) is 5.79. The Morgan fingerprint density at radius 3 is 2.55 bits per heavy atom. The van der Waals surface area contributed by atoms with Gasteiger partial charge in [0.05, 0.1) is 36.2 Å². The average Bonchev–Trinajstić information content (AvgIpc) is 3.52. The number of carbonyl (C=O) groups is 3. The lowest BCUT2D eigenvalue weighted by atomic mass is 10.1. The summed E-state index contributed by atoms with van der Waals surface area (Å²) in [6, 6.07) is 15.6.